The van der Waals surface area contributed by atoms with Crippen molar-refractivity contribution >= 4 is 29.2 Å². The minimum absolute atomic E-state index is 0.0413. The molecule has 1 amide bonds. The van der Waals surface area contributed by atoms with Crippen molar-refractivity contribution in [3.63, 3.8) is 0 Å². The highest BCUT2D eigenvalue weighted by atomic mass is 32.2. The monoisotopic (exact) mass is 446 g/mol. The molecule has 0 fully saturated rings. The Balaban J connectivity index is 2.28. The molecule has 1 aromatic heterocycles. The summed E-state index contributed by atoms with van der Waals surface area (Å²) in [6.45, 7) is 11.1. The summed E-state index contributed by atoms with van der Waals surface area (Å²) in [5, 5.41) is 0. The number of hydrogen-bond acceptors (Lipinski definition) is 5. The van der Waals surface area contributed by atoms with Crippen molar-refractivity contribution < 1.29 is 4.79 Å². The van der Waals surface area contributed by atoms with Crippen LogP contribution in [-0.4, -0.2) is 27.8 Å². The van der Waals surface area contributed by atoms with E-state index in [1.165, 1.54) is 26.8 Å². The van der Waals surface area contributed by atoms with Gasteiger partial charge in [0.05, 0.1) is 5.75 Å². The number of benzene rings is 1. The van der Waals surface area contributed by atoms with Gasteiger partial charge in [-0.2, -0.15) is 0 Å². The number of nitrogen functional groups attached to an aromatic ring is 1. The van der Waals surface area contributed by atoms with Gasteiger partial charge in [-0.15, -0.1) is 11.8 Å². The first kappa shape index (κ1) is 24.8. The Kier molecular flexibility index (Phi) is 8.56. The van der Waals surface area contributed by atoms with Crippen molar-refractivity contribution in [2.45, 2.75) is 70.7 Å². The van der Waals surface area contributed by atoms with E-state index in [-0.39, 0.29) is 28.6 Å². The number of nitrogens with zero attached hydrogens (tertiary/aromatic N) is 2. The van der Waals surface area contributed by atoms with Crippen LogP contribution in [0.3, 0.4) is 0 Å². The molecule has 7 nitrogen and oxygen atoms in total. The second kappa shape index (κ2) is 10.7. The van der Waals surface area contributed by atoms with E-state index in [1.807, 2.05) is 26.0 Å². The third-order valence-corrected chi connectivity index (χ3v) is 6.05. The van der Waals surface area contributed by atoms with Crippen LogP contribution in [0.1, 0.15) is 59.4 Å². The zero-order valence-corrected chi connectivity index (χ0v) is 20.0. The van der Waals surface area contributed by atoms with E-state index in [1.54, 1.807) is 0 Å². The number of hydrogen-bond donors (Lipinski definition) is 2. The van der Waals surface area contributed by atoms with E-state index in [9.17, 15) is 14.4 Å². The first-order valence-corrected chi connectivity index (χ1v) is 11.7. The summed E-state index contributed by atoms with van der Waals surface area (Å²) in [5.41, 5.74) is 6.37. The van der Waals surface area contributed by atoms with Gasteiger partial charge in [-0.25, -0.2) is 4.79 Å². The lowest BCUT2D eigenvalue weighted by Crippen LogP contribution is -2.42. The Labute approximate surface area is 188 Å². The van der Waals surface area contributed by atoms with Crippen LogP contribution in [0.4, 0.5) is 11.5 Å². The summed E-state index contributed by atoms with van der Waals surface area (Å²) in [5.74, 6) is 0.00139. The van der Waals surface area contributed by atoms with Crippen molar-refractivity contribution in [3.8, 4) is 0 Å². The van der Waals surface area contributed by atoms with Gasteiger partial charge in [-0.1, -0.05) is 53.2 Å². The van der Waals surface area contributed by atoms with E-state index >= 15 is 0 Å². The maximum Gasteiger partial charge on any atom is 0.330 e. The van der Waals surface area contributed by atoms with Gasteiger partial charge in [0.2, 0.25) is 5.91 Å². The van der Waals surface area contributed by atoms with Crippen LogP contribution in [0.25, 0.3) is 0 Å². The smallest absolute Gasteiger partial charge is 0.330 e. The number of rotatable bonds is 9. The second-order valence-electron chi connectivity index (χ2n) is 8.61. The molecule has 2 aromatic rings. The average molecular weight is 447 g/mol. The number of aromatic amines is 1. The van der Waals surface area contributed by atoms with Crippen LogP contribution in [0.15, 0.2) is 38.8 Å². The fourth-order valence-electron chi connectivity index (χ4n) is 3.24. The molecule has 0 atom stereocenters. The van der Waals surface area contributed by atoms with Crippen LogP contribution in [0, 0.1) is 0 Å². The lowest BCUT2D eigenvalue weighted by molar-refractivity contribution is -0.116. The number of amides is 1. The number of thioether (sulfide) groups is 1. The van der Waals surface area contributed by atoms with Gasteiger partial charge in [0, 0.05) is 18.0 Å². The maximum atomic E-state index is 13.1. The summed E-state index contributed by atoms with van der Waals surface area (Å²) < 4.78 is 1.32. The normalized spacial score (nSPS) is 11.5. The predicted molar refractivity (Wildman–Crippen MR) is 129 cm³/mol. The number of nitrogens with one attached hydrogen (secondary N) is 1. The van der Waals surface area contributed by atoms with Gasteiger partial charge in [0.1, 0.15) is 5.82 Å². The van der Waals surface area contributed by atoms with E-state index in [4.69, 9.17) is 5.73 Å². The quantitative estimate of drug-likeness (QED) is 0.571. The molecule has 0 spiro atoms. The third-order valence-electron chi connectivity index (χ3n) is 5.05. The number of anilines is 2. The maximum absolute atomic E-state index is 13.1. The second-order valence-corrected chi connectivity index (χ2v) is 9.66. The molecule has 0 radical (unpaired) electrons. The van der Waals surface area contributed by atoms with Crippen molar-refractivity contribution in [2.24, 2.45) is 0 Å². The SMILES string of the molecule is CCCCN(C(=O)CSc1ccc(C(C)(C)C)cc1)c1c(N)n(CCC)c(=O)[nH]c1=O. The molecule has 31 heavy (non-hydrogen) atoms. The topological polar surface area (TPSA) is 101 Å². The zero-order chi connectivity index (χ0) is 23.2. The molecule has 170 valence electrons. The van der Waals surface area contributed by atoms with Gasteiger partial charge in [0.15, 0.2) is 5.69 Å². The first-order chi connectivity index (χ1) is 14.6. The number of H-pyrrole nitrogens is 1. The summed E-state index contributed by atoms with van der Waals surface area (Å²) in [6, 6.07) is 8.17. The molecule has 0 bridgehead atoms. The fourth-order valence-corrected chi connectivity index (χ4v) is 4.01. The van der Waals surface area contributed by atoms with Crippen molar-refractivity contribution in [3.05, 3.63) is 50.7 Å². The summed E-state index contributed by atoms with van der Waals surface area (Å²) in [7, 11) is 0. The van der Waals surface area contributed by atoms with E-state index in [2.05, 4.69) is 37.9 Å². The number of carbonyl (C=O) groups is 1. The lowest BCUT2D eigenvalue weighted by atomic mass is 9.87. The molecule has 0 saturated heterocycles. The Morgan fingerprint density at radius 2 is 1.77 bits per heavy atom. The van der Waals surface area contributed by atoms with Crippen molar-refractivity contribution in [1.29, 1.82) is 0 Å². The molecule has 0 saturated carbocycles. The Hall–Kier alpha value is -2.48. The summed E-state index contributed by atoms with van der Waals surface area (Å²) in [6.07, 6.45) is 2.26. The molecule has 2 rings (SSSR count). The summed E-state index contributed by atoms with van der Waals surface area (Å²) >= 11 is 1.42. The molecule has 0 aliphatic rings. The minimum Gasteiger partial charge on any atom is -0.383 e. The number of nitrogens with two attached hydrogens (primary N) is 1. The molecule has 1 heterocycles. The minimum atomic E-state index is -0.626. The molecule has 0 unspecified atom stereocenters. The first-order valence-electron chi connectivity index (χ1n) is 10.8. The molecule has 0 aliphatic carbocycles. The standard InChI is InChI=1S/C23H34N4O3S/c1-6-8-14-26(19-20(24)27(13-7-2)22(30)25-21(19)29)18(28)15-31-17-11-9-16(10-12-17)23(3,4)5/h9-12H,6-8,13-15,24H2,1-5H3,(H,25,29,30). The Morgan fingerprint density at radius 3 is 2.32 bits per heavy atom. The third kappa shape index (κ3) is 6.26. The molecule has 1 aromatic carbocycles. The molecule has 8 heteroatoms. The zero-order valence-electron chi connectivity index (χ0n) is 19.2. The van der Waals surface area contributed by atoms with Crippen LogP contribution >= 0.6 is 11.8 Å². The van der Waals surface area contributed by atoms with Gasteiger partial charge in [-0.3, -0.25) is 19.1 Å². The number of unbranched alkanes of at least 4 members (excludes halogenated alkanes) is 1. The molecular formula is C23H34N4O3S. The van der Waals surface area contributed by atoms with Crippen molar-refractivity contribution in [1.82, 2.24) is 9.55 Å². The summed E-state index contributed by atoms with van der Waals surface area (Å²) in [4.78, 5) is 42.6. The van der Waals surface area contributed by atoms with Crippen LogP contribution in [-0.2, 0) is 16.8 Å². The number of aromatic nitrogens is 2. The van der Waals surface area contributed by atoms with Gasteiger partial charge >= 0.3 is 5.69 Å². The highest BCUT2D eigenvalue weighted by molar-refractivity contribution is 8.00. The van der Waals surface area contributed by atoms with Crippen LogP contribution in [0.5, 0.6) is 0 Å². The van der Waals surface area contributed by atoms with Crippen LogP contribution in [0.2, 0.25) is 0 Å². The van der Waals surface area contributed by atoms with E-state index in [0.717, 1.165) is 17.7 Å². The number of carbonyl (C=O) groups excluding carboxylic acids is 1. The van der Waals surface area contributed by atoms with Gasteiger partial charge in [-0.05, 0) is 36.0 Å². The largest absolute Gasteiger partial charge is 0.383 e. The lowest BCUT2D eigenvalue weighted by Gasteiger charge is -2.24. The van der Waals surface area contributed by atoms with Gasteiger partial charge in [0.25, 0.3) is 5.56 Å². The Morgan fingerprint density at radius 1 is 1.13 bits per heavy atom. The van der Waals surface area contributed by atoms with Crippen molar-refractivity contribution in [2.75, 3.05) is 22.9 Å². The van der Waals surface area contributed by atoms with E-state index < -0.39 is 11.2 Å². The Bertz CT molecular complexity index is 1000. The van der Waals surface area contributed by atoms with E-state index in [0.29, 0.717) is 19.5 Å². The highest BCUT2D eigenvalue weighted by Gasteiger charge is 2.24. The predicted octanol–water partition coefficient (Wildman–Crippen LogP) is 3.75. The average Bonchev–Trinajstić information content (AvgIpc) is 2.71. The molecular weight excluding hydrogens is 412 g/mol. The van der Waals surface area contributed by atoms with Gasteiger partial charge < -0.3 is 10.6 Å². The highest BCUT2D eigenvalue weighted by Crippen LogP contribution is 2.26. The fraction of sp³-hybridized carbons (Fsp3) is 0.522. The molecule has 3 N–H and O–H groups in total. The van der Waals surface area contributed by atoms with Crippen LogP contribution < -0.4 is 21.9 Å². The molecule has 0 aliphatic heterocycles.